The highest BCUT2D eigenvalue weighted by atomic mass is 35.5. The Balaban J connectivity index is 2.18. The lowest BCUT2D eigenvalue weighted by Gasteiger charge is -2.02. The molecule has 2 aromatic rings. The Kier molecular flexibility index (Phi) is 3.07. The number of carbonyl (C=O) groups excluding carboxylic acids is 1. The van der Waals surface area contributed by atoms with Crippen LogP contribution in [0.1, 0.15) is 16.2 Å². The molecule has 0 fully saturated rings. The fourth-order valence-electron chi connectivity index (χ4n) is 1.02. The van der Waals surface area contributed by atoms with Crippen LogP contribution in [0.4, 0.5) is 5.95 Å². The van der Waals surface area contributed by atoms with Crippen molar-refractivity contribution in [3.63, 3.8) is 0 Å². The predicted octanol–water partition coefficient (Wildman–Crippen LogP) is 1.54. The molecule has 0 saturated carbocycles. The van der Waals surface area contributed by atoms with Gasteiger partial charge in [-0.25, -0.2) is 9.97 Å². The minimum atomic E-state index is -0.407. The molecule has 0 bridgehead atoms. The van der Waals surface area contributed by atoms with Gasteiger partial charge in [-0.1, -0.05) is 16.1 Å². The van der Waals surface area contributed by atoms with E-state index in [9.17, 15) is 4.79 Å². The van der Waals surface area contributed by atoms with Crippen molar-refractivity contribution in [3.05, 3.63) is 28.0 Å². The summed E-state index contributed by atoms with van der Waals surface area (Å²) in [6, 6.07) is 1.60. The normalized spacial score (nSPS) is 10.1. The van der Waals surface area contributed by atoms with E-state index in [4.69, 9.17) is 11.6 Å². The number of hydrogen-bond donors (Lipinski definition) is 1. The van der Waals surface area contributed by atoms with E-state index in [1.165, 1.54) is 5.38 Å². The van der Waals surface area contributed by atoms with E-state index in [2.05, 4.69) is 24.9 Å². The summed E-state index contributed by atoms with van der Waals surface area (Å²) in [4.78, 5) is 19.4. The molecule has 1 amide bonds. The number of nitrogens with one attached hydrogen (secondary N) is 1. The third-order valence-electron chi connectivity index (χ3n) is 1.64. The highest BCUT2D eigenvalue weighted by Gasteiger charge is 2.11. The molecule has 2 heterocycles. The maximum Gasteiger partial charge on any atom is 0.279 e. The van der Waals surface area contributed by atoms with Crippen LogP contribution in [0.3, 0.4) is 0 Å². The zero-order chi connectivity index (χ0) is 11.5. The summed E-state index contributed by atoms with van der Waals surface area (Å²) < 4.78 is 3.58. The van der Waals surface area contributed by atoms with Gasteiger partial charge in [-0.05, 0) is 24.5 Å². The molecule has 0 radical (unpaired) electrons. The molecule has 0 aliphatic carbocycles. The quantitative estimate of drug-likeness (QED) is 0.824. The third kappa shape index (κ3) is 2.50. The fourth-order valence-corrected chi connectivity index (χ4v) is 1.69. The number of nitrogens with zero attached hydrogens (tertiary/aromatic N) is 4. The van der Waals surface area contributed by atoms with Gasteiger partial charge in [0, 0.05) is 11.1 Å². The number of amides is 1. The Hall–Kier alpha value is -1.60. The van der Waals surface area contributed by atoms with Crippen molar-refractivity contribution in [3.8, 4) is 0 Å². The van der Waals surface area contributed by atoms with Crippen molar-refractivity contribution in [1.29, 1.82) is 0 Å². The monoisotopic (exact) mass is 255 g/mol. The highest BCUT2D eigenvalue weighted by Crippen LogP contribution is 2.10. The molecule has 16 heavy (non-hydrogen) atoms. The Morgan fingerprint density at radius 3 is 2.94 bits per heavy atom. The van der Waals surface area contributed by atoms with E-state index in [1.54, 1.807) is 13.0 Å². The number of halogens is 1. The van der Waals surface area contributed by atoms with Gasteiger partial charge in [0.15, 0.2) is 5.69 Å². The van der Waals surface area contributed by atoms with Crippen molar-refractivity contribution in [2.24, 2.45) is 0 Å². The first-order valence-electron chi connectivity index (χ1n) is 4.25. The SMILES string of the molecule is Cc1cc(Cl)nc(NC(=O)c2csnn2)n1. The number of aromatic nitrogens is 4. The van der Waals surface area contributed by atoms with Gasteiger partial charge in [-0.2, -0.15) is 0 Å². The summed E-state index contributed by atoms with van der Waals surface area (Å²) in [7, 11) is 0. The number of carbonyl (C=O) groups is 1. The lowest BCUT2D eigenvalue weighted by Crippen LogP contribution is -2.15. The van der Waals surface area contributed by atoms with Crippen molar-refractivity contribution in [1.82, 2.24) is 19.6 Å². The predicted molar refractivity (Wildman–Crippen MR) is 59.6 cm³/mol. The molecule has 6 nitrogen and oxygen atoms in total. The summed E-state index contributed by atoms with van der Waals surface area (Å²) in [5.41, 5.74) is 0.901. The number of aryl methyl sites for hydroxylation is 1. The molecule has 0 unspecified atom stereocenters. The molecule has 0 atom stereocenters. The molecule has 2 aromatic heterocycles. The molecule has 1 N–H and O–H groups in total. The molecular weight excluding hydrogens is 250 g/mol. The first-order chi connectivity index (χ1) is 7.65. The van der Waals surface area contributed by atoms with Crippen LogP contribution in [0.5, 0.6) is 0 Å². The van der Waals surface area contributed by atoms with Crippen molar-refractivity contribution < 1.29 is 4.79 Å². The van der Waals surface area contributed by atoms with E-state index in [0.717, 1.165) is 11.5 Å². The Labute approximate surface area is 99.9 Å². The van der Waals surface area contributed by atoms with Gasteiger partial charge in [0.1, 0.15) is 5.15 Å². The molecule has 0 spiro atoms. The van der Waals surface area contributed by atoms with Gasteiger partial charge in [0.25, 0.3) is 5.91 Å². The molecular formula is C8H6ClN5OS. The van der Waals surface area contributed by atoms with Crippen LogP contribution in [-0.4, -0.2) is 25.5 Å². The lowest BCUT2D eigenvalue weighted by atomic mass is 10.4. The van der Waals surface area contributed by atoms with E-state index in [-0.39, 0.29) is 16.8 Å². The van der Waals surface area contributed by atoms with Gasteiger partial charge < -0.3 is 0 Å². The smallest absolute Gasteiger partial charge is 0.279 e. The zero-order valence-corrected chi connectivity index (χ0v) is 9.71. The van der Waals surface area contributed by atoms with Gasteiger partial charge in [0.2, 0.25) is 5.95 Å². The number of hydrogen-bond acceptors (Lipinski definition) is 6. The topological polar surface area (TPSA) is 80.7 Å². The van der Waals surface area contributed by atoms with Crippen molar-refractivity contribution >= 4 is 35.0 Å². The Bertz CT molecular complexity index is 495. The molecule has 2 rings (SSSR count). The largest absolute Gasteiger partial charge is 0.289 e. The van der Waals surface area contributed by atoms with Crippen LogP contribution < -0.4 is 5.32 Å². The van der Waals surface area contributed by atoms with Crippen LogP contribution in [0.2, 0.25) is 5.15 Å². The summed E-state index contributed by atoms with van der Waals surface area (Å²) in [6.07, 6.45) is 0. The summed E-state index contributed by atoms with van der Waals surface area (Å²) in [5, 5.41) is 7.92. The first kappa shape index (κ1) is 10.9. The molecule has 0 aliphatic rings. The average molecular weight is 256 g/mol. The fraction of sp³-hybridized carbons (Fsp3) is 0.125. The van der Waals surface area contributed by atoms with E-state index in [1.807, 2.05) is 0 Å². The van der Waals surface area contributed by atoms with E-state index < -0.39 is 5.91 Å². The zero-order valence-electron chi connectivity index (χ0n) is 8.14. The molecule has 0 saturated heterocycles. The second-order valence-electron chi connectivity index (χ2n) is 2.90. The lowest BCUT2D eigenvalue weighted by molar-refractivity contribution is 0.102. The average Bonchev–Trinajstić information content (AvgIpc) is 2.68. The standard InChI is InChI=1S/C8H6ClN5OS/c1-4-2-6(9)11-8(10-4)12-7(15)5-3-16-14-13-5/h2-3H,1H3,(H,10,11,12,15). The summed E-state index contributed by atoms with van der Waals surface area (Å²) >= 11 is 6.83. The third-order valence-corrected chi connectivity index (χ3v) is 2.34. The van der Waals surface area contributed by atoms with Crippen molar-refractivity contribution in [2.45, 2.75) is 6.92 Å². The van der Waals surface area contributed by atoms with Gasteiger partial charge >= 0.3 is 0 Å². The van der Waals surface area contributed by atoms with Crippen LogP contribution in [0.25, 0.3) is 0 Å². The Morgan fingerprint density at radius 1 is 1.50 bits per heavy atom. The second kappa shape index (κ2) is 4.50. The minimum absolute atomic E-state index is 0.156. The molecule has 0 aromatic carbocycles. The van der Waals surface area contributed by atoms with Gasteiger partial charge in [-0.3, -0.25) is 10.1 Å². The summed E-state index contributed by atoms with van der Waals surface area (Å²) in [6.45, 7) is 1.76. The maximum atomic E-state index is 11.6. The number of anilines is 1. The van der Waals surface area contributed by atoms with Gasteiger partial charge in [-0.15, -0.1) is 5.10 Å². The second-order valence-corrected chi connectivity index (χ2v) is 3.90. The van der Waals surface area contributed by atoms with Crippen LogP contribution in [0, 0.1) is 6.92 Å². The Morgan fingerprint density at radius 2 is 2.31 bits per heavy atom. The summed E-state index contributed by atoms with van der Waals surface area (Å²) in [5.74, 6) is -0.251. The molecule has 0 aliphatic heterocycles. The van der Waals surface area contributed by atoms with Crippen molar-refractivity contribution in [2.75, 3.05) is 5.32 Å². The van der Waals surface area contributed by atoms with Crippen LogP contribution in [0.15, 0.2) is 11.4 Å². The van der Waals surface area contributed by atoms with Crippen LogP contribution >= 0.6 is 23.1 Å². The minimum Gasteiger partial charge on any atom is -0.289 e. The van der Waals surface area contributed by atoms with E-state index >= 15 is 0 Å². The van der Waals surface area contributed by atoms with Crippen LogP contribution in [-0.2, 0) is 0 Å². The highest BCUT2D eigenvalue weighted by molar-refractivity contribution is 7.03. The first-order valence-corrected chi connectivity index (χ1v) is 5.46. The van der Waals surface area contributed by atoms with E-state index in [0.29, 0.717) is 5.69 Å². The molecule has 82 valence electrons. The number of rotatable bonds is 2. The maximum absolute atomic E-state index is 11.6. The van der Waals surface area contributed by atoms with Gasteiger partial charge in [0.05, 0.1) is 0 Å². The molecule has 8 heteroatoms.